The zero-order valence-electron chi connectivity index (χ0n) is 4.47. The van der Waals surface area contributed by atoms with E-state index in [1.807, 2.05) is 0 Å². The molecule has 0 atom stereocenters. The van der Waals surface area contributed by atoms with Crippen molar-refractivity contribution in [3.63, 3.8) is 0 Å². The van der Waals surface area contributed by atoms with Crippen LogP contribution in [-0.4, -0.2) is 16.1 Å². The van der Waals surface area contributed by atoms with Gasteiger partial charge < -0.3 is 5.11 Å². The van der Waals surface area contributed by atoms with Gasteiger partial charge in [0.05, 0.1) is 0 Å². The number of hydrogen-bond donors (Lipinski definition) is 1. The van der Waals surface area contributed by atoms with Crippen molar-refractivity contribution in [3.05, 3.63) is 14.5 Å². The first-order valence-electron chi connectivity index (χ1n) is 2.16. The molecule has 0 aliphatic rings. The van der Waals surface area contributed by atoms with Crippen molar-refractivity contribution in [2.45, 2.75) is 0 Å². The zero-order valence-corrected chi connectivity index (χ0v) is 6.80. The Morgan fingerprint density at radius 3 is 2.40 bits per heavy atom. The van der Waals surface area contributed by atoms with Gasteiger partial charge in [-0.15, -0.1) is 0 Å². The third kappa shape index (κ3) is 1.39. The molecule has 0 bridgehead atoms. The molecule has 1 heterocycles. The maximum Gasteiger partial charge on any atom is 0.365 e. The monoisotopic (exact) mass is 197 g/mol. The van der Waals surface area contributed by atoms with Gasteiger partial charge in [-0.2, -0.15) is 0 Å². The zero-order chi connectivity index (χ0) is 7.72. The molecular weight excluding hydrogens is 197 g/mol. The molecule has 0 fully saturated rings. The molecule has 10 heavy (non-hydrogen) atoms. The van der Waals surface area contributed by atoms with Crippen LogP contribution >= 0.6 is 34.5 Å². The first-order valence-corrected chi connectivity index (χ1v) is 3.73. The number of hydrogen-bond acceptors (Lipinski definition) is 3. The normalized spacial score (nSPS) is 9.80. The fourth-order valence-electron chi connectivity index (χ4n) is 0.374. The number of carbonyl (C=O) groups is 1. The van der Waals surface area contributed by atoms with Gasteiger partial charge in [0.15, 0.2) is 5.15 Å². The van der Waals surface area contributed by atoms with Crippen molar-refractivity contribution < 1.29 is 9.90 Å². The maximum atomic E-state index is 10.2. The highest BCUT2D eigenvalue weighted by molar-refractivity contribution is 7.18. The van der Waals surface area contributed by atoms with Crippen molar-refractivity contribution in [3.8, 4) is 0 Å². The Labute approximate surface area is 70.2 Å². The Morgan fingerprint density at radius 2 is 2.20 bits per heavy atom. The van der Waals surface area contributed by atoms with Gasteiger partial charge in [-0.05, 0) is 0 Å². The van der Waals surface area contributed by atoms with Crippen LogP contribution in [0.2, 0.25) is 9.49 Å². The first kappa shape index (κ1) is 7.78. The molecule has 1 N–H and O–H groups in total. The summed E-state index contributed by atoms with van der Waals surface area (Å²) in [6, 6.07) is 0. The highest BCUT2D eigenvalue weighted by atomic mass is 35.5. The predicted octanol–water partition coefficient (Wildman–Crippen LogP) is 2.15. The van der Waals surface area contributed by atoms with Gasteiger partial charge in [-0.3, -0.25) is 0 Å². The number of thiazole rings is 1. The van der Waals surface area contributed by atoms with E-state index >= 15 is 0 Å². The molecule has 1 rings (SSSR count). The lowest BCUT2D eigenvalue weighted by Crippen LogP contribution is -1.93. The number of aromatic carboxylic acids is 1. The molecule has 0 aliphatic carbocycles. The van der Waals surface area contributed by atoms with Crippen molar-refractivity contribution in [1.29, 1.82) is 0 Å². The van der Waals surface area contributed by atoms with E-state index in [9.17, 15) is 4.79 Å². The minimum Gasteiger partial charge on any atom is -0.476 e. The fourth-order valence-corrected chi connectivity index (χ4v) is 1.41. The van der Waals surface area contributed by atoms with E-state index in [0.717, 1.165) is 11.3 Å². The number of aromatic nitrogens is 1. The third-order valence-electron chi connectivity index (χ3n) is 0.731. The van der Waals surface area contributed by atoms with Gasteiger partial charge in [-0.1, -0.05) is 34.5 Å². The summed E-state index contributed by atoms with van der Waals surface area (Å²) in [4.78, 5) is 13.7. The average molecular weight is 198 g/mol. The summed E-state index contributed by atoms with van der Waals surface area (Å²) in [6.07, 6.45) is 0. The topological polar surface area (TPSA) is 50.2 Å². The summed E-state index contributed by atoms with van der Waals surface area (Å²) in [7, 11) is 0. The average Bonchev–Trinajstić information content (AvgIpc) is 2.13. The second-order valence-corrected chi connectivity index (χ2v) is 3.35. The van der Waals surface area contributed by atoms with Crippen LogP contribution in [0, 0.1) is 0 Å². The number of carboxylic acids is 1. The van der Waals surface area contributed by atoms with Crippen LogP contribution in [0.5, 0.6) is 0 Å². The Kier molecular flexibility index (Phi) is 2.13. The number of nitrogens with zero attached hydrogens (tertiary/aromatic N) is 1. The SMILES string of the molecule is O=C(O)c1nc(Cl)c(Cl)s1. The minimum absolute atomic E-state index is 0.0454. The Hall–Kier alpha value is -0.320. The largest absolute Gasteiger partial charge is 0.476 e. The fraction of sp³-hybridized carbons (Fsp3) is 0. The second kappa shape index (κ2) is 2.74. The summed E-state index contributed by atoms with van der Waals surface area (Å²) in [5.41, 5.74) is 0. The highest BCUT2D eigenvalue weighted by Gasteiger charge is 2.11. The van der Waals surface area contributed by atoms with Crippen LogP contribution in [0.3, 0.4) is 0 Å². The van der Waals surface area contributed by atoms with Crippen LogP contribution < -0.4 is 0 Å². The summed E-state index contributed by atoms with van der Waals surface area (Å²) in [6.45, 7) is 0. The van der Waals surface area contributed by atoms with E-state index in [4.69, 9.17) is 28.3 Å². The lowest BCUT2D eigenvalue weighted by atomic mass is 10.7. The van der Waals surface area contributed by atoms with E-state index < -0.39 is 5.97 Å². The predicted molar refractivity (Wildman–Crippen MR) is 39.1 cm³/mol. The lowest BCUT2D eigenvalue weighted by Gasteiger charge is -1.77. The summed E-state index contributed by atoms with van der Waals surface area (Å²) >= 11 is 11.7. The smallest absolute Gasteiger partial charge is 0.365 e. The molecule has 0 amide bonds. The molecule has 1 aromatic heterocycles. The second-order valence-electron chi connectivity index (χ2n) is 1.39. The molecule has 0 saturated heterocycles. The van der Waals surface area contributed by atoms with E-state index in [1.165, 1.54) is 0 Å². The van der Waals surface area contributed by atoms with Crippen molar-refractivity contribution in [2.24, 2.45) is 0 Å². The standard InChI is InChI=1S/C4HCl2NO2S/c5-1-2(6)10-3(7-1)4(8)9/h(H,8,9). The van der Waals surface area contributed by atoms with Gasteiger partial charge >= 0.3 is 5.97 Å². The quantitative estimate of drug-likeness (QED) is 0.751. The number of halogens is 2. The summed E-state index contributed by atoms with van der Waals surface area (Å²) in [5.74, 6) is -1.11. The van der Waals surface area contributed by atoms with E-state index in [0.29, 0.717) is 0 Å². The van der Waals surface area contributed by atoms with Crippen LogP contribution in [0.1, 0.15) is 9.80 Å². The van der Waals surface area contributed by atoms with Crippen LogP contribution in [-0.2, 0) is 0 Å². The van der Waals surface area contributed by atoms with Crippen molar-refractivity contribution >= 4 is 40.5 Å². The molecule has 0 radical (unpaired) electrons. The first-order chi connectivity index (χ1) is 4.61. The highest BCUT2D eigenvalue weighted by Crippen LogP contribution is 2.27. The number of rotatable bonds is 1. The molecule has 0 spiro atoms. The Bertz CT molecular complexity index is 253. The molecule has 6 heteroatoms. The van der Waals surface area contributed by atoms with Crippen LogP contribution in [0.25, 0.3) is 0 Å². The van der Waals surface area contributed by atoms with E-state index in [-0.39, 0.29) is 14.5 Å². The molecule has 1 aromatic rings. The van der Waals surface area contributed by atoms with Gasteiger partial charge in [0.2, 0.25) is 5.01 Å². The van der Waals surface area contributed by atoms with Gasteiger partial charge in [0, 0.05) is 0 Å². The molecular formula is C4HCl2NO2S. The number of carboxylic acid groups (broad SMARTS) is 1. The minimum atomic E-state index is -1.11. The Balaban J connectivity index is 3.10. The molecule has 0 aromatic carbocycles. The van der Waals surface area contributed by atoms with Crippen molar-refractivity contribution in [1.82, 2.24) is 4.98 Å². The third-order valence-corrected chi connectivity index (χ3v) is 2.46. The van der Waals surface area contributed by atoms with Gasteiger partial charge in [0.25, 0.3) is 0 Å². The van der Waals surface area contributed by atoms with Gasteiger partial charge in [-0.25, -0.2) is 9.78 Å². The summed E-state index contributed by atoms with van der Waals surface area (Å²) < 4.78 is 0.207. The maximum absolute atomic E-state index is 10.2. The van der Waals surface area contributed by atoms with E-state index in [2.05, 4.69) is 4.98 Å². The van der Waals surface area contributed by atoms with Crippen LogP contribution in [0.4, 0.5) is 0 Å². The molecule has 3 nitrogen and oxygen atoms in total. The molecule has 0 aliphatic heterocycles. The summed E-state index contributed by atoms with van der Waals surface area (Å²) in [5, 5.41) is 8.31. The van der Waals surface area contributed by atoms with E-state index in [1.54, 1.807) is 0 Å². The molecule has 0 unspecified atom stereocenters. The van der Waals surface area contributed by atoms with Crippen molar-refractivity contribution in [2.75, 3.05) is 0 Å². The molecule has 0 saturated carbocycles. The van der Waals surface area contributed by atoms with Crippen LogP contribution in [0.15, 0.2) is 0 Å². The van der Waals surface area contributed by atoms with Gasteiger partial charge in [0.1, 0.15) is 4.34 Å². The molecule has 54 valence electrons. The Morgan fingerprint density at radius 1 is 1.60 bits per heavy atom. The lowest BCUT2D eigenvalue weighted by molar-refractivity contribution is 0.0696.